The molecule has 0 unspecified atom stereocenters. The van der Waals surface area contributed by atoms with Gasteiger partial charge in [-0.1, -0.05) is 48.2 Å². The summed E-state index contributed by atoms with van der Waals surface area (Å²) in [6.07, 6.45) is 1.44. The van der Waals surface area contributed by atoms with Gasteiger partial charge in [-0.3, -0.25) is 19.8 Å². The van der Waals surface area contributed by atoms with Crippen molar-refractivity contribution in [3.05, 3.63) is 75.3 Å². The van der Waals surface area contributed by atoms with Crippen LogP contribution >= 0.6 is 11.8 Å². The van der Waals surface area contributed by atoms with Crippen LogP contribution in [0.3, 0.4) is 0 Å². The van der Waals surface area contributed by atoms with Gasteiger partial charge in [-0.25, -0.2) is 0 Å². The molecule has 1 aliphatic heterocycles. The van der Waals surface area contributed by atoms with Gasteiger partial charge in [-0.2, -0.15) is 5.10 Å². The number of nitro groups is 1. The maximum Gasteiger partial charge on any atom is 0.270 e. The van der Waals surface area contributed by atoms with Crippen LogP contribution < -0.4 is 0 Å². The highest BCUT2D eigenvalue weighted by Gasteiger charge is 2.35. The van der Waals surface area contributed by atoms with Crippen LogP contribution in [0.25, 0.3) is 0 Å². The topological polar surface area (TPSA) is 88.2 Å². The average molecular weight is 382 g/mol. The minimum Gasteiger partial charge on any atom is -0.284 e. The fraction of sp³-hybridized carbons (Fsp3) is 0.211. The number of thioether (sulfide) groups is 1. The molecule has 27 heavy (non-hydrogen) atoms. The summed E-state index contributed by atoms with van der Waals surface area (Å²) in [6, 6.07) is 14.0. The van der Waals surface area contributed by atoms with E-state index in [0.717, 1.165) is 11.1 Å². The first-order valence-electron chi connectivity index (χ1n) is 8.33. The maximum atomic E-state index is 12.5. The molecular weight excluding hydrogens is 364 g/mol. The van der Waals surface area contributed by atoms with E-state index in [1.807, 2.05) is 38.1 Å². The van der Waals surface area contributed by atoms with Crippen molar-refractivity contribution < 1.29 is 9.72 Å². The van der Waals surface area contributed by atoms with Crippen LogP contribution in [-0.4, -0.2) is 32.4 Å². The van der Waals surface area contributed by atoms with Crippen molar-refractivity contribution in [2.45, 2.75) is 25.6 Å². The van der Waals surface area contributed by atoms with E-state index in [2.05, 4.69) is 10.2 Å². The lowest BCUT2D eigenvalue weighted by atomic mass is 10.1. The lowest BCUT2D eigenvalue weighted by molar-refractivity contribution is -0.384. The largest absolute Gasteiger partial charge is 0.284 e. The first-order chi connectivity index (χ1) is 13.0. The quantitative estimate of drug-likeness (QED) is 0.447. The summed E-state index contributed by atoms with van der Waals surface area (Å²) in [4.78, 5) is 24.5. The van der Waals surface area contributed by atoms with Crippen LogP contribution in [0, 0.1) is 17.0 Å². The van der Waals surface area contributed by atoms with Gasteiger partial charge in [0.1, 0.15) is 0 Å². The van der Waals surface area contributed by atoms with E-state index in [1.165, 1.54) is 30.1 Å². The number of aryl methyl sites for hydroxylation is 1. The SMILES string of the molecule is Cc1ccccc1CN1C(=O)[C@H](C)S/C1=N\N=C/c1cccc([N+](=O)[O-])c1. The molecule has 0 N–H and O–H groups in total. The van der Waals surface area contributed by atoms with Gasteiger partial charge in [0.05, 0.1) is 22.9 Å². The zero-order chi connectivity index (χ0) is 19.4. The molecule has 0 radical (unpaired) electrons. The Hall–Kier alpha value is -3.00. The van der Waals surface area contributed by atoms with Crippen LogP contribution in [0.2, 0.25) is 0 Å². The number of amides is 1. The zero-order valence-corrected chi connectivity index (χ0v) is 15.7. The monoisotopic (exact) mass is 382 g/mol. The molecule has 2 aromatic carbocycles. The summed E-state index contributed by atoms with van der Waals surface area (Å²) in [6.45, 7) is 4.28. The average Bonchev–Trinajstić information content (AvgIpc) is 2.91. The van der Waals surface area contributed by atoms with Gasteiger partial charge in [0.15, 0.2) is 5.17 Å². The first-order valence-corrected chi connectivity index (χ1v) is 9.21. The van der Waals surface area contributed by atoms with Gasteiger partial charge in [0, 0.05) is 17.7 Å². The molecule has 1 aliphatic rings. The molecule has 1 atom stereocenters. The standard InChI is InChI=1S/C19H18N4O3S/c1-13-6-3-4-8-16(13)12-22-18(24)14(2)27-19(22)21-20-11-15-7-5-9-17(10-15)23(25)26/h3-11,14H,12H2,1-2H3/b20-11-,21-19-/t14-/m0/s1. The number of carbonyl (C=O) groups excluding carboxylic acids is 1. The van der Waals surface area contributed by atoms with Crippen molar-refractivity contribution in [1.82, 2.24) is 4.90 Å². The lowest BCUT2D eigenvalue weighted by Crippen LogP contribution is -2.31. The van der Waals surface area contributed by atoms with E-state index in [0.29, 0.717) is 17.3 Å². The third kappa shape index (κ3) is 4.40. The predicted molar refractivity (Wildman–Crippen MR) is 107 cm³/mol. The Labute approximate surface area is 160 Å². The van der Waals surface area contributed by atoms with Gasteiger partial charge in [-0.05, 0) is 25.0 Å². The number of rotatable bonds is 5. The highest BCUT2D eigenvalue weighted by atomic mass is 32.2. The number of amidine groups is 1. The minimum absolute atomic E-state index is 0.00690. The Balaban J connectivity index is 1.81. The van der Waals surface area contributed by atoms with Crippen molar-refractivity contribution in [2.75, 3.05) is 0 Å². The first kappa shape index (κ1) is 18.8. The van der Waals surface area contributed by atoms with Crippen molar-refractivity contribution in [2.24, 2.45) is 10.2 Å². The molecule has 7 nitrogen and oxygen atoms in total. The molecule has 2 aromatic rings. The van der Waals surface area contributed by atoms with E-state index < -0.39 is 4.92 Å². The Bertz CT molecular complexity index is 942. The molecule has 138 valence electrons. The number of nitro benzene ring substituents is 1. The van der Waals surface area contributed by atoms with Crippen molar-refractivity contribution in [1.29, 1.82) is 0 Å². The van der Waals surface area contributed by atoms with Gasteiger partial charge in [0.25, 0.3) is 5.69 Å². The number of nitrogens with zero attached hydrogens (tertiary/aromatic N) is 4. The fourth-order valence-electron chi connectivity index (χ4n) is 2.63. The molecule has 1 amide bonds. The third-order valence-electron chi connectivity index (χ3n) is 4.15. The molecule has 0 saturated carbocycles. The van der Waals surface area contributed by atoms with Gasteiger partial charge in [0.2, 0.25) is 5.91 Å². The summed E-state index contributed by atoms with van der Waals surface area (Å²) in [5.41, 5.74) is 2.72. The maximum absolute atomic E-state index is 12.5. The summed E-state index contributed by atoms with van der Waals surface area (Å²) in [5.74, 6) is -0.00690. The Morgan fingerprint density at radius 1 is 1.26 bits per heavy atom. The minimum atomic E-state index is -0.458. The summed E-state index contributed by atoms with van der Waals surface area (Å²) in [7, 11) is 0. The fourth-order valence-corrected chi connectivity index (χ4v) is 3.55. The van der Waals surface area contributed by atoms with Gasteiger partial charge in [-0.15, -0.1) is 5.10 Å². The number of hydrogen-bond acceptors (Lipinski definition) is 6. The summed E-state index contributed by atoms with van der Waals surface area (Å²) in [5, 5.41) is 19.4. The molecule has 1 fully saturated rings. The van der Waals surface area contributed by atoms with Crippen LogP contribution in [0.15, 0.2) is 58.7 Å². The summed E-state index contributed by atoms with van der Waals surface area (Å²) < 4.78 is 0. The molecular formula is C19H18N4O3S. The molecule has 0 aromatic heterocycles. The van der Waals surface area contributed by atoms with Crippen LogP contribution in [0.5, 0.6) is 0 Å². The van der Waals surface area contributed by atoms with E-state index in [1.54, 1.807) is 17.0 Å². The Kier molecular flexibility index (Phi) is 5.66. The predicted octanol–water partition coefficient (Wildman–Crippen LogP) is 3.76. The number of benzene rings is 2. The van der Waals surface area contributed by atoms with E-state index in [4.69, 9.17) is 0 Å². The molecule has 0 spiro atoms. The second-order valence-electron chi connectivity index (χ2n) is 6.09. The summed E-state index contributed by atoms with van der Waals surface area (Å²) >= 11 is 1.35. The van der Waals surface area contributed by atoms with Crippen LogP contribution in [0.4, 0.5) is 5.69 Å². The molecule has 3 rings (SSSR count). The van der Waals surface area contributed by atoms with Crippen LogP contribution in [0.1, 0.15) is 23.6 Å². The van der Waals surface area contributed by atoms with Gasteiger partial charge >= 0.3 is 0 Å². The molecule has 0 bridgehead atoms. The smallest absolute Gasteiger partial charge is 0.270 e. The number of hydrogen-bond donors (Lipinski definition) is 0. The number of non-ortho nitro benzene ring substituents is 1. The van der Waals surface area contributed by atoms with E-state index >= 15 is 0 Å². The van der Waals surface area contributed by atoms with Gasteiger partial charge < -0.3 is 0 Å². The second-order valence-corrected chi connectivity index (χ2v) is 7.40. The Morgan fingerprint density at radius 2 is 2.04 bits per heavy atom. The number of carbonyl (C=O) groups is 1. The highest BCUT2D eigenvalue weighted by molar-refractivity contribution is 8.15. The normalized spacial score (nSPS) is 18.6. The van der Waals surface area contributed by atoms with Crippen LogP contribution in [-0.2, 0) is 11.3 Å². The third-order valence-corrected chi connectivity index (χ3v) is 5.22. The van der Waals surface area contributed by atoms with Crippen molar-refractivity contribution in [3.63, 3.8) is 0 Å². The van der Waals surface area contributed by atoms with E-state index in [9.17, 15) is 14.9 Å². The lowest BCUT2D eigenvalue weighted by Gasteiger charge is -2.16. The van der Waals surface area contributed by atoms with E-state index in [-0.39, 0.29) is 16.8 Å². The highest BCUT2D eigenvalue weighted by Crippen LogP contribution is 2.29. The molecule has 1 heterocycles. The molecule has 1 saturated heterocycles. The second kappa shape index (κ2) is 8.13. The van der Waals surface area contributed by atoms with Crippen molar-refractivity contribution in [3.8, 4) is 0 Å². The Morgan fingerprint density at radius 3 is 2.78 bits per heavy atom. The zero-order valence-electron chi connectivity index (χ0n) is 14.9. The molecule has 0 aliphatic carbocycles. The van der Waals surface area contributed by atoms with Crippen molar-refractivity contribution >= 4 is 34.7 Å². The molecule has 8 heteroatoms.